The Labute approximate surface area is 160 Å². The zero-order chi connectivity index (χ0) is 19.0. The fraction of sp³-hybridized carbons (Fsp3) is 0.368. The topological polar surface area (TPSA) is 101 Å². The van der Waals surface area contributed by atoms with Crippen molar-refractivity contribution < 1.29 is 10.0 Å². The van der Waals surface area contributed by atoms with Gasteiger partial charge in [0, 0.05) is 23.6 Å². The first-order chi connectivity index (χ1) is 13.0. The number of thiophene rings is 1. The fourth-order valence-corrected chi connectivity index (χ4v) is 4.89. The number of hydrogen-bond donors (Lipinski definition) is 2. The van der Waals surface area contributed by atoms with Crippen LogP contribution < -0.4 is 5.32 Å². The lowest BCUT2D eigenvalue weighted by atomic mass is 9.89. The van der Waals surface area contributed by atoms with E-state index in [4.69, 9.17) is 0 Å². The van der Waals surface area contributed by atoms with Gasteiger partial charge in [0.2, 0.25) is 0 Å². The molecule has 0 radical (unpaired) electrons. The molecule has 0 fully saturated rings. The maximum atomic E-state index is 10.7. The van der Waals surface area contributed by atoms with Gasteiger partial charge in [0.05, 0.1) is 16.4 Å². The van der Waals surface area contributed by atoms with Crippen molar-refractivity contribution in [3.05, 3.63) is 56.7 Å². The van der Waals surface area contributed by atoms with Crippen molar-refractivity contribution in [1.29, 1.82) is 0 Å². The van der Waals surface area contributed by atoms with Crippen LogP contribution in [0.25, 0.3) is 10.2 Å². The number of nitrogens with one attached hydrogen (secondary N) is 1. The molecule has 2 aromatic heterocycles. The quantitative estimate of drug-likeness (QED) is 0.511. The maximum absolute atomic E-state index is 10.7. The summed E-state index contributed by atoms with van der Waals surface area (Å²) in [5.41, 5.74) is 1.97. The van der Waals surface area contributed by atoms with Crippen molar-refractivity contribution in [1.82, 2.24) is 9.97 Å². The predicted molar refractivity (Wildman–Crippen MR) is 105 cm³/mol. The van der Waals surface area contributed by atoms with Gasteiger partial charge in [-0.1, -0.05) is 6.92 Å². The molecular formula is C19H20N4O3S. The lowest BCUT2D eigenvalue weighted by molar-refractivity contribution is -0.384. The summed E-state index contributed by atoms with van der Waals surface area (Å²) in [6.45, 7) is 2.55. The number of aliphatic hydroxyl groups is 1. The molecule has 0 spiro atoms. The third kappa shape index (κ3) is 3.50. The number of nitrogens with zero attached hydrogens (tertiary/aromatic N) is 3. The van der Waals surface area contributed by atoms with Crippen molar-refractivity contribution >= 4 is 33.1 Å². The van der Waals surface area contributed by atoms with E-state index in [1.165, 1.54) is 29.0 Å². The molecule has 4 rings (SSSR count). The molecule has 1 aromatic carbocycles. The number of nitro groups is 1. The van der Waals surface area contributed by atoms with Crippen LogP contribution in [0, 0.1) is 16.0 Å². The summed E-state index contributed by atoms with van der Waals surface area (Å²) in [6, 6.07) is 5.96. The number of non-ortho nitro benzene ring substituents is 1. The Morgan fingerprint density at radius 3 is 2.89 bits per heavy atom. The van der Waals surface area contributed by atoms with Gasteiger partial charge in [-0.05, 0) is 48.4 Å². The third-order valence-electron chi connectivity index (χ3n) is 5.04. The molecule has 0 aliphatic heterocycles. The Balaban J connectivity index is 1.54. The molecule has 27 heavy (non-hydrogen) atoms. The largest absolute Gasteiger partial charge is 0.387 e. The molecule has 7 nitrogen and oxygen atoms in total. The first kappa shape index (κ1) is 17.8. The maximum Gasteiger partial charge on any atom is 0.269 e. The minimum Gasteiger partial charge on any atom is -0.387 e. The number of nitro benzene ring substituents is 1. The fourth-order valence-electron chi connectivity index (χ4n) is 3.54. The third-order valence-corrected chi connectivity index (χ3v) is 6.21. The normalized spacial score (nSPS) is 17.5. The van der Waals surface area contributed by atoms with Crippen LogP contribution in [0.3, 0.4) is 0 Å². The Morgan fingerprint density at radius 2 is 2.15 bits per heavy atom. The van der Waals surface area contributed by atoms with Crippen LogP contribution in [0.4, 0.5) is 11.5 Å². The molecule has 1 aliphatic carbocycles. The van der Waals surface area contributed by atoms with Gasteiger partial charge in [-0.25, -0.2) is 9.97 Å². The van der Waals surface area contributed by atoms with Crippen molar-refractivity contribution in [3.8, 4) is 0 Å². The van der Waals surface area contributed by atoms with Crippen LogP contribution in [0.5, 0.6) is 0 Å². The summed E-state index contributed by atoms with van der Waals surface area (Å²) < 4.78 is 0. The number of fused-ring (bicyclic) bond motifs is 3. The molecule has 3 aromatic rings. The van der Waals surface area contributed by atoms with Crippen LogP contribution in [0.1, 0.15) is 35.5 Å². The second-order valence-electron chi connectivity index (χ2n) is 7.00. The molecule has 2 heterocycles. The molecule has 0 saturated carbocycles. The number of anilines is 1. The highest BCUT2D eigenvalue weighted by molar-refractivity contribution is 7.19. The molecule has 0 amide bonds. The standard InChI is InChI=1S/C19H20N4O3S/c1-11-2-7-14-16(8-11)27-19-17(14)18(21-10-22-19)20-9-15(24)12-3-5-13(6-4-12)23(25)26/h3-6,10-11,15,24H,2,7-9H2,1H3,(H,20,21,22)/t11-,15-/m0/s1. The van der Waals surface area contributed by atoms with Gasteiger partial charge >= 0.3 is 0 Å². The van der Waals surface area contributed by atoms with E-state index in [1.807, 2.05) is 0 Å². The lowest BCUT2D eigenvalue weighted by Gasteiger charge is -2.18. The molecular weight excluding hydrogens is 364 g/mol. The van der Waals surface area contributed by atoms with E-state index in [0.29, 0.717) is 11.5 Å². The molecule has 0 unspecified atom stereocenters. The summed E-state index contributed by atoms with van der Waals surface area (Å²) in [7, 11) is 0. The number of benzene rings is 1. The highest BCUT2D eigenvalue weighted by atomic mass is 32.1. The summed E-state index contributed by atoms with van der Waals surface area (Å²) in [5, 5.41) is 25.5. The smallest absolute Gasteiger partial charge is 0.269 e. The van der Waals surface area contributed by atoms with E-state index < -0.39 is 11.0 Å². The molecule has 1 aliphatic rings. The van der Waals surface area contributed by atoms with Crippen LogP contribution in [0.15, 0.2) is 30.6 Å². The number of aliphatic hydroxyl groups excluding tert-OH is 1. The average Bonchev–Trinajstić information content (AvgIpc) is 3.04. The van der Waals surface area contributed by atoms with Gasteiger partial charge in [0.1, 0.15) is 17.0 Å². The molecule has 0 bridgehead atoms. The zero-order valence-electron chi connectivity index (χ0n) is 14.9. The molecule has 2 N–H and O–H groups in total. The minimum absolute atomic E-state index is 0.00977. The monoisotopic (exact) mass is 384 g/mol. The average molecular weight is 384 g/mol. The van der Waals surface area contributed by atoms with Gasteiger partial charge in [0.25, 0.3) is 5.69 Å². The SMILES string of the molecule is C[C@H]1CCc2c(sc3ncnc(NC[C@H](O)c4ccc([N+](=O)[O-])cc4)c23)C1. The number of rotatable bonds is 5. The predicted octanol–water partition coefficient (Wildman–Crippen LogP) is 3.87. The lowest BCUT2D eigenvalue weighted by Crippen LogP contribution is -2.14. The van der Waals surface area contributed by atoms with Gasteiger partial charge in [-0.2, -0.15) is 0 Å². The number of aryl methyl sites for hydroxylation is 1. The van der Waals surface area contributed by atoms with Crippen molar-refractivity contribution in [3.63, 3.8) is 0 Å². The first-order valence-corrected chi connectivity index (χ1v) is 9.76. The minimum atomic E-state index is -0.787. The highest BCUT2D eigenvalue weighted by Gasteiger charge is 2.23. The number of hydrogen-bond acceptors (Lipinski definition) is 7. The van der Waals surface area contributed by atoms with Gasteiger partial charge in [0.15, 0.2) is 0 Å². The van der Waals surface area contributed by atoms with E-state index in [-0.39, 0.29) is 12.2 Å². The van der Waals surface area contributed by atoms with Crippen molar-refractivity contribution in [2.75, 3.05) is 11.9 Å². The first-order valence-electron chi connectivity index (χ1n) is 8.94. The van der Waals surface area contributed by atoms with Gasteiger partial charge in [-0.3, -0.25) is 10.1 Å². The van der Waals surface area contributed by atoms with Crippen LogP contribution >= 0.6 is 11.3 Å². The highest BCUT2D eigenvalue weighted by Crippen LogP contribution is 2.39. The molecule has 8 heteroatoms. The van der Waals surface area contributed by atoms with Crippen molar-refractivity contribution in [2.24, 2.45) is 5.92 Å². The summed E-state index contributed by atoms with van der Waals surface area (Å²) >= 11 is 1.74. The second kappa shape index (κ2) is 7.21. The Bertz CT molecular complexity index is 987. The van der Waals surface area contributed by atoms with Gasteiger partial charge < -0.3 is 10.4 Å². The van der Waals surface area contributed by atoms with E-state index in [0.717, 1.165) is 28.9 Å². The second-order valence-corrected chi connectivity index (χ2v) is 8.08. The van der Waals surface area contributed by atoms with Crippen molar-refractivity contribution in [2.45, 2.75) is 32.3 Å². The van der Waals surface area contributed by atoms with E-state index in [2.05, 4.69) is 22.2 Å². The Hall–Kier alpha value is -2.58. The van der Waals surface area contributed by atoms with Crippen LogP contribution in [-0.4, -0.2) is 26.5 Å². The van der Waals surface area contributed by atoms with Crippen LogP contribution in [0.2, 0.25) is 0 Å². The summed E-state index contributed by atoms with van der Waals surface area (Å²) in [6.07, 6.45) is 4.04. The zero-order valence-corrected chi connectivity index (χ0v) is 15.7. The molecule has 2 atom stereocenters. The van der Waals surface area contributed by atoms with Crippen LogP contribution in [-0.2, 0) is 12.8 Å². The molecule has 0 saturated heterocycles. The Morgan fingerprint density at radius 1 is 1.37 bits per heavy atom. The Kier molecular flexibility index (Phi) is 4.75. The van der Waals surface area contributed by atoms with E-state index in [1.54, 1.807) is 29.8 Å². The molecule has 140 valence electrons. The summed E-state index contributed by atoms with van der Waals surface area (Å²) in [5.74, 6) is 1.44. The van der Waals surface area contributed by atoms with E-state index >= 15 is 0 Å². The van der Waals surface area contributed by atoms with E-state index in [9.17, 15) is 15.2 Å². The number of aromatic nitrogens is 2. The van der Waals surface area contributed by atoms with Gasteiger partial charge in [-0.15, -0.1) is 11.3 Å². The summed E-state index contributed by atoms with van der Waals surface area (Å²) in [4.78, 5) is 21.5.